The van der Waals surface area contributed by atoms with Gasteiger partial charge in [0.15, 0.2) is 5.11 Å². The fourth-order valence-corrected chi connectivity index (χ4v) is 5.03. The quantitative estimate of drug-likeness (QED) is 0.214. The number of anilines is 1. The Morgan fingerprint density at radius 1 is 1.02 bits per heavy atom. The van der Waals surface area contributed by atoms with E-state index in [-0.39, 0.29) is 24.4 Å². The molecular weight excluding hydrogens is 528 g/mol. The molecule has 2 N–H and O–H groups in total. The number of para-hydroxylation sites is 2. The Kier molecular flexibility index (Phi) is 8.07. The molecule has 0 saturated carbocycles. The lowest BCUT2D eigenvalue weighted by Crippen LogP contribution is -2.32. The summed E-state index contributed by atoms with van der Waals surface area (Å²) in [6.45, 7) is 0.352. The minimum Gasteiger partial charge on any atom is -0.495 e. The number of thiocarbonyl (C=S) groups is 1. The topological polar surface area (TPSA) is 106 Å². The van der Waals surface area contributed by atoms with Gasteiger partial charge in [0, 0.05) is 24.7 Å². The molecule has 0 aliphatic carbocycles. The molecule has 1 amide bonds. The molecule has 0 bridgehead atoms. The third-order valence-corrected chi connectivity index (χ3v) is 7.02. The number of carbonyl (C=O) groups excluding carboxylic acids is 2. The van der Waals surface area contributed by atoms with Crippen LogP contribution in [0.1, 0.15) is 40.3 Å². The number of carbonyl (C=O) groups is 2. The zero-order chi connectivity index (χ0) is 28.1. The lowest BCUT2D eigenvalue weighted by molar-refractivity contribution is -0.116. The molecule has 2 aromatic carbocycles. The number of hydrogen-bond donors (Lipinski definition) is 2. The fourth-order valence-electron chi connectivity index (χ4n) is 4.69. The van der Waals surface area contributed by atoms with E-state index < -0.39 is 5.97 Å². The summed E-state index contributed by atoms with van der Waals surface area (Å²) >= 11 is 5.72. The average molecular weight is 557 g/mol. The van der Waals surface area contributed by atoms with Crippen molar-refractivity contribution < 1.29 is 23.5 Å². The molecule has 0 unspecified atom stereocenters. The maximum atomic E-state index is 12.9. The smallest absolute Gasteiger partial charge is 0.337 e. The van der Waals surface area contributed by atoms with E-state index in [1.165, 1.54) is 7.11 Å². The van der Waals surface area contributed by atoms with Crippen LogP contribution in [0.5, 0.6) is 5.75 Å². The van der Waals surface area contributed by atoms with Crippen molar-refractivity contribution in [3.63, 3.8) is 0 Å². The number of nitrogens with zero attached hydrogens (tertiary/aromatic N) is 2. The predicted octanol–water partition coefficient (Wildman–Crippen LogP) is 5.14. The molecule has 2 atom stereocenters. The summed E-state index contributed by atoms with van der Waals surface area (Å²) in [4.78, 5) is 31.2. The first-order valence-electron chi connectivity index (χ1n) is 12.7. The predicted molar refractivity (Wildman–Crippen MR) is 154 cm³/mol. The molecule has 3 heterocycles. The maximum Gasteiger partial charge on any atom is 0.337 e. The van der Waals surface area contributed by atoms with Crippen molar-refractivity contribution in [2.45, 2.75) is 18.5 Å². The van der Waals surface area contributed by atoms with Gasteiger partial charge in [-0.15, -0.1) is 0 Å². The van der Waals surface area contributed by atoms with Gasteiger partial charge in [-0.05, 0) is 60.7 Å². The molecule has 1 aliphatic rings. The van der Waals surface area contributed by atoms with Crippen molar-refractivity contribution >= 4 is 34.9 Å². The second kappa shape index (κ2) is 12.0. The second-order valence-electron chi connectivity index (χ2n) is 9.09. The van der Waals surface area contributed by atoms with E-state index in [0.717, 1.165) is 11.3 Å². The van der Waals surface area contributed by atoms with Crippen molar-refractivity contribution in [2.75, 3.05) is 26.1 Å². The minimum atomic E-state index is -0.402. The highest BCUT2D eigenvalue weighted by Crippen LogP contribution is 2.40. The minimum absolute atomic E-state index is 0.168. The maximum absolute atomic E-state index is 12.9. The highest BCUT2D eigenvalue weighted by atomic mass is 32.1. The number of hydrogen-bond acceptors (Lipinski definition) is 7. The molecule has 4 aromatic rings. The van der Waals surface area contributed by atoms with Gasteiger partial charge in [-0.2, -0.15) is 0 Å². The molecule has 40 heavy (non-hydrogen) atoms. The van der Waals surface area contributed by atoms with E-state index in [1.807, 2.05) is 59.5 Å². The van der Waals surface area contributed by atoms with E-state index in [1.54, 1.807) is 37.6 Å². The SMILES string of the molecule is COC(=O)c1ccc(-c2ccc([C@H]3[C@@H](c4ccccn4)NC(=S)N3CCC(=O)Nc3ccccc3OC)o2)cc1. The lowest BCUT2D eigenvalue weighted by atomic mass is 10.0. The van der Waals surface area contributed by atoms with Crippen LogP contribution < -0.4 is 15.4 Å². The Morgan fingerprint density at radius 2 is 1.80 bits per heavy atom. The van der Waals surface area contributed by atoms with Crippen LogP contribution in [-0.4, -0.2) is 47.6 Å². The summed E-state index contributed by atoms with van der Waals surface area (Å²) in [6.07, 6.45) is 1.92. The molecule has 1 saturated heterocycles. The van der Waals surface area contributed by atoms with Crippen LogP contribution >= 0.6 is 12.2 Å². The van der Waals surface area contributed by atoms with E-state index in [9.17, 15) is 9.59 Å². The van der Waals surface area contributed by atoms with Crippen molar-refractivity contribution in [1.82, 2.24) is 15.2 Å². The van der Waals surface area contributed by atoms with Gasteiger partial charge in [0.1, 0.15) is 23.3 Å². The van der Waals surface area contributed by atoms with Crippen LogP contribution in [0.3, 0.4) is 0 Å². The molecule has 10 heteroatoms. The molecule has 0 radical (unpaired) electrons. The first-order chi connectivity index (χ1) is 19.5. The van der Waals surface area contributed by atoms with Gasteiger partial charge in [0.2, 0.25) is 5.91 Å². The monoisotopic (exact) mass is 556 g/mol. The zero-order valence-corrected chi connectivity index (χ0v) is 22.8. The van der Waals surface area contributed by atoms with E-state index in [4.69, 9.17) is 26.1 Å². The first-order valence-corrected chi connectivity index (χ1v) is 13.1. The molecular formula is C30H28N4O5S. The van der Waals surface area contributed by atoms with E-state index >= 15 is 0 Å². The Hall–Kier alpha value is -4.70. The number of aromatic nitrogens is 1. The Labute approximate surface area is 237 Å². The normalized spacial score (nSPS) is 16.4. The summed E-state index contributed by atoms with van der Waals surface area (Å²) in [6, 6.07) is 23.1. The molecule has 9 nitrogen and oxygen atoms in total. The molecule has 5 rings (SSSR count). The molecule has 1 aliphatic heterocycles. The van der Waals surface area contributed by atoms with Gasteiger partial charge < -0.3 is 29.4 Å². The van der Waals surface area contributed by atoms with Crippen molar-refractivity contribution in [3.8, 4) is 17.1 Å². The molecule has 1 fully saturated rings. The number of ether oxygens (including phenoxy) is 2. The average Bonchev–Trinajstić information content (AvgIpc) is 3.61. The van der Waals surface area contributed by atoms with Crippen LogP contribution in [0, 0.1) is 0 Å². The van der Waals surface area contributed by atoms with Gasteiger partial charge in [-0.25, -0.2) is 4.79 Å². The van der Waals surface area contributed by atoms with Gasteiger partial charge in [-0.3, -0.25) is 9.78 Å². The number of rotatable bonds is 9. The van der Waals surface area contributed by atoms with Crippen LogP contribution in [0.25, 0.3) is 11.3 Å². The number of esters is 1. The van der Waals surface area contributed by atoms with Crippen molar-refractivity contribution in [1.29, 1.82) is 0 Å². The van der Waals surface area contributed by atoms with Crippen molar-refractivity contribution in [3.05, 3.63) is 102 Å². The third-order valence-electron chi connectivity index (χ3n) is 6.67. The summed E-state index contributed by atoms with van der Waals surface area (Å²) in [5.74, 6) is 1.32. The van der Waals surface area contributed by atoms with Crippen molar-refractivity contribution in [2.24, 2.45) is 0 Å². The summed E-state index contributed by atoms with van der Waals surface area (Å²) in [5, 5.41) is 6.79. The van der Waals surface area contributed by atoms with Crippen LogP contribution in [0.15, 0.2) is 89.5 Å². The van der Waals surface area contributed by atoms with Gasteiger partial charge in [0.25, 0.3) is 0 Å². The van der Waals surface area contributed by atoms with Gasteiger partial charge >= 0.3 is 5.97 Å². The highest BCUT2D eigenvalue weighted by Gasteiger charge is 2.41. The number of nitrogens with one attached hydrogen (secondary N) is 2. The van der Waals surface area contributed by atoms with Crippen LogP contribution in [0.2, 0.25) is 0 Å². The number of pyridine rings is 1. The second-order valence-corrected chi connectivity index (χ2v) is 9.48. The Balaban J connectivity index is 1.38. The lowest BCUT2D eigenvalue weighted by Gasteiger charge is -2.26. The summed E-state index contributed by atoms with van der Waals surface area (Å²) < 4.78 is 16.5. The zero-order valence-electron chi connectivity index (χ0n) is 22.0. The molecule has 0 spiro atoms. The largest absolute Gasteiger partial charge is 0.495 e. The molecule has 204 valence electrons. The standard InChI is InChI=1S/C30H28N4O5S/c1-37-24-9-4-3-7-21(24)32-26(35)16-18-34-28(27(33-30(34)40)22-8-5-6-17-31-22)25-15-14-23(39-25)19-10-12-20(13-11-19)29(36)38-2/h3-15,17,27-28H,16,18H2,1-2H3,(H,32,35)(H,33,40)/t27-,28+/m1/s1. The number of benzene rings is 2. The van der Waals surface area contributed by atoms with Crippen LogP contribution in [-0.2, 0) is 9.53 Å². The highest BCUT2D eigenvalue weighted by molar-refractivity contribution is 7.80. The van der Waals surface area contributed by atoms with Gasteiger partial charge in [0.05, 0.1) is 37.2 Å². The van der Waals surface area contributed by atoms with E-state index in [2.05, 4.69) is 15.6 Å². The Morgan fingerprint density at radius 3 is 2.52 bits per heavy atom. The Bertz CT molecular complexity index is 1510. The number of furan rings is 1. The third kappa shape index (κ3) is 5.67. The first kappa shape index (κ1) is 26.9. The van der Waals surface area contributed by atoms with Crippen LogP contribution in [0.4, 0.5) is 5.69 Å². The fraction of sp³-hybridized carbons (Fsp3) is 0.200. The van der Waals surface area contributed by atoms with E-state index in [0.29, 0.717) is 40.2 Å². The summed E-state index contributed by atoms with van der Waals surface area (Å²) in [5.41, 5.74) is 2.67. The summed E-state index contributed by atoms with van der Waals surface area (Å²) in [7, 11) is 2.91. The molecule has 2 aromatic heterocycles. The number of amides is 1. The number of methoxy groups -OCH3 is 2. The van der Waals surface area contributed by atoms with Gasteiger partial charge in [-0.1, -0.05) is 30.3 Å².